The van der Waals surface area contributed by atoms with E-state index in [4.69, 9.17) is 4.74 Å². The Morgan fingerprint density at radius 1 is 1.21 bits per heavy atom. The number of nitrogens with one attached hydrogen (secondary N) is 2. The van der Waals surface area contributed by atoms with Crippen molar-refractivity contribution in [2.75, 3.05) is 18.1 Å². The lowest BCUT2D eigenvalue weighted by molar-refractivity contribution is -0.148. The zero-order valence-corrected chi connectivity index (χ0v) is 24.4. The Hall–Kier alpha value is -2.18. The SMILES string of the molecule is CCCCCCCC(=O)SCC/C=C/C1CC(=O)NCc2nc(cs2)C2=NC(C)(CS2)C(=O)NCC(=O)O1. The molecule has 4 bridgehead atoms. The van der Waals surface area contributed by atoms with E-state index in [-0.39, 0.29) is 36.4 Å². The third kappa shape index (κ3) is 9.85. The molecule has 0 fully saturated rings. The molecule has 3 rings (SSSR count). The van der Waals surface area contributed by atoms with Crippen LogP contribution in [0.15, 0.2) is 22.5 Å². The number of rotatable bonds is 10. The van der Waals surface area contributed by atoms with E-state index in [1.807, 2.05) is 11.5 Å². The molecule has 2 aliphatic rings. The molecule has 0 radical (unpaired) electrons. The number of allylic oxidation sites excluding steroid dienone is 1. The Morgan fingerprint density at radius 2 is 2.03 bits per heavy atom. The van der Waals surface area contributed by atoms with Crippen molar-refractivity contribution in [3.63, 3.8) is 0 Å². The number of aromatic nitrogens is 1. The van der Waals surface area contributed by atoms with E-state index in [1.54, 1.807) is 13.0 Å². The number of ether oxygens (including phenoxy) is 1. The highest BCUT2D eigenvalue weighted by atomic mass is 32.2. The van der Waals surface area contributed by atoms with Crippen molar-refractivity contribution >= 4 is 62.8 Å². The first-order valence-corrected chi connectivity index (χ1v) is 15.9. The van der Waals surface area contributed by atoms with Gasteiger partial charge in [-0.2, -0.15) is 0 Å². The number of esters is 1. The summed E-state index contributed by atoms with van der Waals surface area (Å²) in [7, 11) is 0. The second kappa shape index (κ2) is 15.4. The smallest absolute Gasteiger partial charge is 0.326 e. The van der Waals surface area contributed by atoms with E-state index >= 15 is 0 Å². The summed E-state index contributed by atoms with van der Waals surface area (Å²) < 4.78 is 5.49. The van der Waals surface area contributed by atoms with Crippen molar-refractivity contribution in [3.8, 4) is 0 Å². The monoisotopic (exact) mass is 580 g/mol. The molecule has 2 N–H and O–H groups in total. The molecule has 12 heteroatoms. The number of nitrogens with zero attached hydrogens (tertiary/aromatic N) is 2. The zero-order valence-electron chi connectivity index (χ0n) is 22.0. The molecule has 2 amide bonds. The number of hydrogen-bond acceptors (Lipinski definition) is 10. The summed E-state index contributed by atoms with van der Waals surface area (Å²) >= 11 is 4.16. The molecule has 0 saturated carbocycles. The summed E-state index contributed by atoms with van der Waals surface area (Å²) in [4.78, 5) is 59.0. The first-order chi connectivity index (χ1) is 18.3. The van der Waals surface area contributed by atoms with Gasteiger partial charge in [0.15, 0.2) is 5.12 Å². The molecular formula is C26H36N4O5S3. The van der Waals surface area contributed by atoms with Gasteiger partial charge in [-0.05, 0) is 25.8 Å². The number of hydrogen-bond donors (Lipinski definition) is 2. The average Bonchev–Trinajstić information content (AvgIpc) is 3.52. The lowest BCUT2D eigenvalue weighted by Gasteiger charge is -2.19. The normalized spacial score (nSPS) is 22.6. The van der Waals surface area contributed by atoms with Gasteiger partial charge in [0.05, 0.1) is 13.0 Å². The van der Waals surface area contributed by atoms with Crippen LogP contribution in [0.2, 0.25) is 0 Å². The number of carbonyl (C=O) groups excluding carboxylic acids is 4. The Kier molecular flexibility index (Phi) is 12.3. The molecule has 1 aromatic heterocycles. The Labute approximate surface area is 236 Å². The summed E-state index contributed by atoms with van der Waals surface area (Å²) in [5.41, 5.74) is -0.319. The number of thioether (sulfide) groups is 2. The number of cyclic esters (lactones) is 1. The van der Waals surface area contributed by atoms with Gasteiger partial charge in [-0.25, -0.2) is 4.98 Å². The molecule has 0 aliphatic carbocycles. The van der Waals surface area contributed by atoms with Gasteiger partial charge in [-0.1, -0.05) is 50.4 Å². The van der Waals surface area contributed by atoms with Gasteiger partial charge in [-0.3, -0.25) is 24.2 Å². The van der Waals surface area contributed by atoms with Crippen molar-refractivity contribution in [3.05, 3.63) is 28.2 Å². The maximum Gasteiger partial charge on any atom is 0.326 e. The van der Waals surface area contributed by atoms with Gasteiger partial charge in [0.25, 0.3) is 0 Å². The van der Waals surface area contributed by atoms with Gasteiger partial charge >= 0.3 is 5.97 Å². The lowest BCUT2D eigenvalue weighted by Crippen LogP contribution is -2.46. The first kappa shape index (κ1) is 30.4. The fraction of sp³-hybridized carbons (Fsp3) is 0.615. The van der Waals surface area contributed by atoms with Crippen LogP contribution in [0.1, 0.15) is 75.9 Å². The van der Waals surface area contributed by atoms with Crippen molar-refractivity contribution in [2.45, 2.75) is 83.4 Å². The van der Waals surface area contributed by atoms with Crippen LogP contribution in [0.4, 0.5) is 0 Å². The summed E-state index contributed by atoms with van der Waals surface area (Å²) in [5.74, 6) is -0.220. The molecule has 0 aromatic carbocycles. The van der Waals surface area contributed by atoms with Crippen LogP contribution in [-0.4, -0.2) is 62.6 Å². The number of aliphatic imine (C=N–C) groups is 1. The second-order valence-corrected chi connectivity index (χ2v) is 12.5. The molecule has 9 nitrogen and oxygen atoms in total. The molecule has 1 aromatic rings. The standard InChI is InChI=1S/C26H36N4O5S3/c1-3-4-5-6-7-11-23(33)36-12-9-8-10-18-13-20(31)27-14-21-29-19(16-37-21)24-30-26(2,17-38-24)25(34)28-15-22(32)35-18/h8,10,16,18H,3-7,9,11-15,17H2,1-2H3,(H,27,31)(H,28,34)/b10-8+. The molecule has 2 aliphatic heterocycles. The van der Waals surface area contributed by atoms with Crippen LogP contribution in [0.5, 0.6) is 0 Å². The van der Waals surface area contributed by atoms with Gasteiger partial charge in [0.2, 0.25) is 11.8 Å². The van der Waals surface area contributed by atoms with E-state index in [0.29, 0.717) is 35.1 Å². The van der Waals surface area contributed by atoms with Gasteiger partial charge in [0, 0.05) is 23.3 Å². The zero-order chi connectivity index (χ0) is 27.4. The van der Waals surface area contributed by atoms with Crippen LogP contribution in [0.3, 0.4) is 0 Å². The van der Waals surface area contributed by atoms with Crippen molar-refractivity contribution in [1.82, 2.24) is 15.6 Å². The maximum absolute atomic E-state index is 12.8. The fourth-order valence-corrected chi connectivity index (χ4v) is 6.50. The minimum Gasteiger partial charge on any atom is -0.456 e. The average molecular weight is 581 g/mol. The van der Waals surface area contributed by atoms with Gasteiger partial charge in [0.1, 0.15) is 33.9 Å². The van der Waals surface area contributed by atoms with Crippen LogP contribution in [0.25, 0.3) is 0 Å². The number of unbranched alkanes of at least 4 members (excludes halogenated alkanes) is 4. The molecule has 38 heavy (non-hydrogen) atoms. The fourth-order valence-electron chi connectivity index (χ4n) is 3.80. The largest absolute Gasteiger partial charge is 0.456 e. The van der Waals surface area contributed by atoms with E-state index in [1.165, 1.54) is 54.1 Å². The number of amides is 2. The Balaban J connectivity index is 1.54. The lowest BCUT2D eigenvalue weighted by atomic mass is 10.1. The first-order valence-electron chi connectivity index (χ1n) is 13.0. The van der Waals surface area contributed by atoms with Crippen molar-refractivity contribution in [2.24, 2.45) is 4.99 Å². The topological polar surface area (TPSA) is 127 Å². The molecule has 0 spiro atoms. The predicted molar refractivity (Wildman–Crippen MR) is 153 cm³/mol. The highest BCUT2D eigenvalue weighted by Crippen LogP contribution is 2.31. The highest BCUT2D eigenvalue weighted by molar-refractivity contribution is 8.14. The highest BCUT2D eigenvalue weighted by Gasteiger charge is 2.39. The molecule has 3 heterocycles. The number of fused-ring (bicyclic) bond motifs is 4. The van der Waals surface area contributed by atoms with E-state index < -0.39 is 17.6 Å². The van der Waals surface area contributed by atoms with Crippen molar-refractivity contribution in [1.29, 1.82) is 0 Å². The number of carbonyl (C=O) groups is 4. The molecule has 2 unspecified atom stereocenters. The third-order valence-corrected chi connectivity index (χ3v) is 9.08. The minimum absolute atomic E-state index is 0.0570. The molecule has 2 atom stereocenters. The van der Waals surface area contributed by atoms with E-state index in [9.17, 15) is 19.2 Å². The van der Waals surface area contributed by atoms with Crippen LogP contribution < -0.4 is 10.6 Å². The summed E-state index contributed by atoms with van der Waals surface area (Å²) in [6.07, 6.45) is 9.43. The second-order valence-electron chi connectivity index (χ2n) is 9.40. The van der Waals surface area contributed by atoms with Gasteiger partial charge in [-0.15, -0.1) is 23.1 Å². The Morgan fingerprint density at radius 3 is 2.84 bits per heavy atom. The van der Waals surface area contributed by atoms with Crippen molar-refractivity contribution < 1.29 is 23.9 Å². The van der Waals surface area contributed by atoms with E-state index in [0.717, 1.165) is 17.8 Å². The van der Waals surface area contributed by atoms with E-state index in [2.05, 4.69) is 27.5 Å². The Bertz CT molecular complexity index is 1060. The molecule has 208 valence electrons. The third-order valence-electron chi connectivity index (χ3n) is 5.98. The predicted octanol–water partition coefficient (Wildman–Crippen LogP) is 4.01. The van der Waals surface area contributed by atoms with Crippen LogP contribution >= 0.6 is 34.9 Å². The minimum atomic E-state index is -1.00. The summed E-state index contributed by atoms with van der Waals surface area (Å²) in [6, 6.07) is 0. The summed E-state index contributed by atoms with van der Waals surface area (Å²) in [5, 5.41) is 8.89. The molecule has 0 saturated heterocycles. The maximum atomic E-state index is 12.8. The quantitative estimate of drug-likeness (QED) is 0.242. The molecular weight excluding hydrogens is 545 g/mol. The van der Waals surface area contributed by atoms with Gasteiger partial charge < -0.3 is 15.4 Å². The number of thiazole rings is 1. The van der Waals surface area contributed by atoms with Crippen LogP contribution in [0, 0.1) is 0 Å². The summed E-state index contributed by atoms with van der Waals surface area (Å²) in [6.45, 7) is 3.83. The van der Waals surface area contributed by atoms with Crippen LogP contribution in [-0.2, 0) is 30.5 Å².